The number of fused-ring (bicyclic) bond motifs is 3. The number of aromatic nitrogens is 1. The Morgan fingerprint density at radius 3 is 2.37 bits per heavy atom. The maximum absolute atomic E-state index is 11.6. The highest BCUT2D eigenvalue weighted by Crippen LogP contribution is 2.32. The molecule has 1 heterocycles. The van der Waals surface area contributed by atoms with E-state index in [9.17, 15) is 4.79 Å². The molecule has 35 heavy (non-hydrogen) atoms. The first-order valence-corrected chi connectivity index (χ1v) is 11.9. The van der Waals surface area contributed by atoms with Crippen LogP contribution in [0, 0.1) is 13.8 Å². The van der Waals surface area contributed by atoms with Crippen molar-refractivity contribution in [2.24, 2.45) is 5.16 Å². The fourth-order valence-electron chi connectivity index (χ4n) is 4.55. The summed E-state index contributed by atoms with van der Waals surface area (Å²) in [6, 6.07) is 18.6. The zero-order valence-corrected chi connectivity index (χ0v) is 21.2. The average molecular weight is 473 g/mol. The van der Waals surface area contributed by atoms with E-state index in [0.29, 0.717) is 12.3 Å². The Morgan fingerprint density at radius 2 is 1.71 bits per heavy atom. The molecule has 1 unspecified atom stereocenters. The van der Waals surface area contributed by atoms with Gasteiger partial charge in [0.25, 0.3) is 0 Å². The predicted octanol–water partition coefficient (Wildman–Crippen LogP) is 6.16. The quantitative estimate of drug-likeness (QED) is 0.175. The molecule has 0 radical (unpaired) electrons. The van der Waals surface area contributed by atoms with Crippen LogP contribution in [-0.2, 0) is 20.9 Å². The number of carbonyl (C=O) groups excluding carboxylic acids is 1. The van der Waals surface area contributed by atoms with Crippen LogP contribution >= 0.6 is 0 Å². The lowest BCUT2D eigenvalue weighted by Gasteiger charge is -2.16. The molecule has 0 amide bonds. The van der Waals surface area contributed by atoms with Gasteiger partial charge in [-0.3, -0.25) is 0 Å². The summed E-state index contributed by atoms with van der Waals surface area (Å²) in [5, 5.41) is 6.62. The summed E-state index contributed by atoms with van der Waals surface area (Å²) < 4.78 is 13.4. The standard InChI is InChI=1S/C29H32N2O4/c1-7-31-27-12-8-18(2)14-25(27)26-16-22(9-13-28(26)31)29(30-35-21(5)32)24-11-10-23(15-19(24)3)34-20(4)17-33-6/h8-16,20H,7,17H2,1-6H3/b30-29-. The number of methoxy groups -OCH3 is 1. The number of carbonyl (C=O) groups is 1. The molecule has 182 valence electrons. The van der Waals surface area contributed by atoms with Gasteiger partial charge in [-0.1, -0.05) is 22.9 Å². The minimum absolute atomic E-state index is 0.0684. The van der Waals surface area contributed by atoms with E-state index in [0.717, 1.165) is 39.9 Å². The number of rotatable bonds is 8. The second-order valence-corrected chi connectivity index (χ2v) is 8.88. The Labute approximate surface area is 206 Å². The van der Waals surface area contributed by atoms with Crippen molar-refractivity contribution in [1.82, 2.24) is 4.57 Å². The van der Waals surface area contributed by atoms with Gasteiger partial charge in [0.2, 0.25) is 0 Å². The Kier molecular flexibility index (Phi) is 7.22. The number of hydrogen-bond acceptors (Lipinski definition) is 5. The smallest absolute Gasteiger partial charge is 0.332 e. The summed E-state index contributed by atoms with van der Waals surface area (Å²) in [6.45, 7) is 10.9. The summed E-state index contributed by atoms with van der Waals surface area (Å²) in [5.41, 5.74) is 6.88. The molecule has 1 aromatic heterocycles. The molecule has 6 nitrogen and oxygen atoms in total. The van der Waals surface area contributed by atoms with E-state index >= 15 is 0 Å². The molecule has 4 aromatic rings. The number of oxime groups is 1. The van der Waals surface area contributed by atoms with Crippen LogP contribution < -0.4 is 4.74 Å². The molecule has 6 heteroatoms. The third-order valence-corrected chi connectivity index (χ3v) is 6.07. The fourth-order valence-corrected chi connectivity index (χ4v) is 4.55. The Morgan fingerprint density at radius 1 is 1.00 bits per heavy atom. The van der Waals surface area contributed by atoms with E-state index in [2.05, 4.69) is 53.9 Å². The molecule has 0 spiro atoms. The Bertz CT molecular complexity index is 1420. The van der Waals surface area contributed by atoms with Gasteiger partial charge in [-0.15, -0.1) is 0 Å². The van der Waals surface area contributed by atoms with E-state index in [1.54, 1.807) is 7.11 Å². The largest absolute Gasteiger partial charge is 0.488 e. The molecule has 0 fully saturated rings. The Hall–Kier alpha value is -3.64. The number of benzene rings is 3. The number of nitrogens with zero attached hydrogens (tertiary/aromatic N) is 2. The van der Waals surface area contributed by atoms with E-state index in [1.807, 2.05) is 38.1 Å². The maximum Gasteiger partial charge on any atom is 0.332 e. The van der Waals surface area contributed by atoms with Crippen LogP contribution in [0.1, 0.15) is 43.0 Å². The van der Waals surface area contributed by atoms with Crippen LogP contribution in [0.2, 0.25) is 0 Å². The topological polar surface area (TPSA) is 62.1 Å². The van der Waals surface area contributed by atoms with Gasteiger partial charge in [0.05, 0.1) is 6.61 Å². The van der Waals surface area contributed by atoms with E-state index in [1.165, 1.54) is 23.4 Å². The normalized spacial score (nSPS) is 12.8. The second kappa shape index (κ2) is 10.3. The first-order chi connectivity index (χ1) is 16.8. The summed E-state index contributed by atoms with van der Waals surface area (Å²) in [7, 11) is 1.65. The van der Waals surface area contributed by atoms with Crippen molar-refractivity contribution in [1.29, 1.82) is 0 Å². The molecular weight excluding hydrogens is 440 g/mol. The lowest BCUT2D eigenvalue weighted by molar-refractivity contribution is -0.140. The summed E-state index contributed by atoms with van der Waals surface area (Å²) >= 11 is 0. The zero-order chi connectivity index (χ0) is 25.1. The average Bonchev–Trinajstić information content (AvgIpc) is 3.12. The molecule has 0 bridgehead atoms. The molecule has 0 aliphatic carbocycles. The van der Waals surface area contributed by atoms with Crippen LogP contribution in [-0.4, -0.2) is 36.1 Å². The molecule has 0 N–H and O–H groups in total. The van der Waals surface area contributed by atoms with E-state index in [4.69, 9.17) is 14.3 Å². The van der Waals surface area contributed by atoms with Gasteiger partial charge in [0.1, 0.15) is 17.6 Å². The van der Waals surface area contributed by atoms with Gasteiger partial charge in [0, 0.05) is 53.5 Å². The molecule has 4 rings (SSSR count). The SMILES string of the molecule is CCn1c2ccc(C)cc2c2cc(/C(=N/OC(C)=O)c3ccc(OC(C)COC)cc3C)ccc21. The summed E-state index contributed by atoms with van der Waals surface area (Å²) in [4.78, 5) is 16.8. The van der Waals surface area contributed by atoms with Gasteiger partial charge >= 0.3 is 5.97 Å². The van der Waals surface area contributed by atoms with Gasteiger partial charge in [-0.25, -0.2) is 4.79 Å². The molecule has 3 aromatic carbocycles. The van der Waals surface area contributed by atoms with Crippen LogP contribution in [0.15, 0.2) is 59.8 Å². The number of ether oxygens (including phenoxy) is 2. The molecule has 1 atom stereocenters. The van der Waals surface area contributed by atoms with Crippen LogP contribution in [0.25, 0.3) is 21.8 Å². The third-order valence-electron chi connectivity index (χ3n) is 6.07. The number of hydrogen-bond donors (Lipinski definition) is 0. The monoisotopic (exact) mass is 472 g/mol. The van der Waals surface area contributed by atoms with Crippen molar-refractivity contribution in [2.45, 2.75) is 47.3 Å². The van der Waals surface area contributed by atoms with E-state index < -0.39 is 5.97 Å². The van der Waals surface area contributed by atoms with Gasteiger partial charge in [-0.2, -0.15) is 0 Å². The van der Waals surface area contributed by atoms with Crippen molar-refractivity contribution in [3.8, 4) is 5.75 Å². The van der Waals surface area contributed by atoms with Crippen LogP contribution in [0.4, 0.5) is 0 Å². The van der Waals surface area contributed by atoms with Crippen LogP contribution in [0.5, 0.6) is 5.75 Å². The summed E-state index contributed by atoms with van der Waals surface area (Å²) in [5.74, 6) is 0.285. The van der Waals surface area contributed by atoms with Gasteiger partial charge in [-0.05, 0) is 75.7 Å². The first kappa shape index (κ1) is 24.5. The predicted molar refractivity (Wildman–Crippen MR) is 140 cm³/mol. The zero-order valence-electron chi connectivity index (χ0n) is 21.2. The van der Waals surface area contributed by atoms with Crippen molar-refractivity contribution < 1.29 is 19.1 Å². The highest BCUT2D eigenvalue weighted by molar-refractivity contribution is 6.17. The lowest BCUT2D eigenvalue weighted by atomic mass is 9.96. The molecule has 0 saturated carbocycles. The van der Waals surface area contributed by atoms with Crippen LogP contribution in [0.3, 0.4) is 0 Å². The molecule has 0 aliphatic heterocycles. The lowest BCUT2D eigenvalue weighted by Crippen LogP contribution is -2.18. The van der Waals surface area contributed by atoms with E-state index in [-0.39, 0.29) is 6.10 Å². The highest BCUT2D eigenvalue weighted by atomic mass is 16.7. The molecular formula is C29H32N2O4. The minimum atomic E-state index is -0.465. The van der Waals surface area contributed by atoms with Crippen molar-refractivity contribution in [2.75, 3.05) is 13.7 Å². The van der Waals surface area contributed by atoms with Gasteiger partial charge in [0.15, 0.2) is 0 Å². The number of aryl methyl sites for hydroxylation is 3. The third kappa shape index (κ3) is 5.08. The second-order valence-electron chi connectivity index (χ2n) is 8.88. The summed E-state index contributed by atoms with van der Waals surface area (Å²) in [6.07, 6.45) is -0.0684. The van der Waals surface area contributed by atoms with Crippen molar-refractivity contribution in [3.05, 3.63) is 76.9 Å². The van der Waals surface area contributed by atoms with Gasteiger partial charge < -0.3 is 18.9 Å². The van der Waals surface area contributed by atoms with Crippen molar-refractivity contribution >= 4 is 33.5 Å². The van der Waals surface area contributed by atoms with Crippen molar-refractivity contribution in [3.63, 3.8) is 0 Å². The molecule has 0 aliphatic rings. The first-order valence-electron chi connectivity index (χ1n) is 11.9. The molecule has 0 saturated heterocycles. The fraction of sp³-hybridized carbons (Fsp3) is 0.310. The Balaban J connectivity index is 1.84. The highest BCUT2D eigenvalue weighted by Gasteiger charge is 2.17. The minimum Gasteiger partial charge on any atom is -0.488 e. The maximum atomic E-state index is 11.6.